The standard InChI is InChI=1S/C19H24FNO3/c20-17-4-2-1-3-16(17)11-23-8-7-14-9-19(24-10-14)12-21(13-19)18(22)15-5-6-15/h1-4,14-15H,5-13H2. The first-order chi connectivity index (χ1) is 11.7. The smallest absolute Gasteiger partial charge is 0.225 e. The van der Waals surface area contributed by atoms with Crippen molar-refractivity contribution in [2.45, 2.75) is 37.9 Å². The Labute approximate surface area is 141 Å². The molecule has 0 N–H and O–H groups in total. The van der Waals surface area contributed by atoms with Gasteiger partial charge in [-0.25, -0.2) is 4.39 Å². The van der Waals surface area contributed by atoms with Gasteiger partial charge in [-0.1, -0.05) is 18.2 Å². The van der Waals surface area contributed by atoms with Crippen molar-refractivity contribution in [3.05, 3.63) is 35.6 Å². The minimum atomic E-state index is -0.212. The molecule has 130 valence electrons. The molecule has 2 heterocycles. The van der Waals surface area contributed by atoms with Crippen LogP contribution in [0.2, 0.25) is 0 Å². The summed E-state index contributed by atoms with van der Waals surface area (Å²) in [4.78, 5) is 14.0. The lowest BCUT2D eigenvalue weighted by atomic mass is 9.86. The van der Waals surface area contributed by atoms with Crippen LogP contribution in [0.25, 0.3) is 0 Å². The van der Waals surface area contributed by atoms with Crippen LogP contribution in [-0.4, -0.2) is 42.7 Å². The van der Waals surface area contributed by atoms with Gasteiger partial charge in [0, 0.05) is 18.1 Å². The van der Waals surface area contributed by atoms with Crippen molar-refractivity contribution in [1.82, 2.24) is 4.90 Å². The fourth-order valence-corrected chi connectivity index (χ4v) is 3.79. The third-order valence-corrected chi connectivity index (χ3v) is 5.37. The van der Waals surface area contributed by atoms with Crippen LogP contribution in [0.1, 0.15) is 31.2 Å². The Morgan fingerprint density at radius 2 is 2.12 bits per heavy atom. The molecule has 1 spiro atoms. The molecule has 1 aromatic rings. The number of amides is 1. The Bertz CT molecular complexity index is 610. The van der Waals surface area contributed by atoms with Crippen LogP contribution in [0.15, 0.2) is 24.3 Å². The highest BCUT2D eigenvalue weighted by molar-refractivity contribution is 5.82. The van der Waals surface area contributed by atoms with E-state index >= 15 is 0 Å². The molecular weight excluding hydrogens is 309 g/mol. The summed E-state index contributed by atoms with van der Waals surface area (Å²) in [7, 11) is 0. The van der Waals surface area contributed by atoms with Crippen molar-refractivity contribution in [3.63, 3.8) is 0 Å². The van der Waals surface area contributed by atoms with Gasteiger partial charge < -0.3 is 14.4 Å². The molecule has 0 bridgehead atoms. The second-order valence-corrected chi connectivity index (χ2v) is 7.47. The third-order valence-electron chi connectivity index (χ3n) is 5.37. The van der Waals surface area contributed by atoms with Crippen LogP contribution in [0.4, 0.5) is 4.39 Å². The number of ether oxygens (including phenoxy) is 2. The second kappa shape index (κ2) is 6.45. The Kier molecular flexibility index (Phi) is 4.31. The molecule has 1 atom stereocenters. The van der Waals surface area contributed by atoms with Gasteiger partial charge in [0.25, 0.3) is 0 Å². The second-order valence-electron chi connectivity index (χ2n) is 7.47. The molecule has 1 aliphatic carbocycles. The Hall–Kier alpha value is -1.46. The topological polar surface area (TPSA) is 38.8 Å². The van der Waals surface area contributed by atoms with Gasteiger partial charge in [0.05, 0.1) is 26.3 Å². The predicted molar refractivity (Wildman–Crippen MR) is 86.8 cm³/mol. The summed E-state index contributed by atoms with van der Waals surface area (Å²) in [6.45, 7) is 3.19. The van der Waals surface area contributed by atoms with E-state index in [4.69, 9.17) is 9.47 Å². The van der Waals surface area contributed by atoms with Gasteiger partial charge >= 0.3 is 0 Å². The van der Waals surface area contributed by atoms with E-state index in [1.54, 1.807) is 12.1 Å². The largest absolute Gasteiger partial charge is 0.377 e. The van der Waals surface area contributed by atoms with Crippen LogP contribution in [-0.2, 0) is 20.9 Å². The summed E-state index contributed by atoms with van der Waals surface area (Å²) < 4.78 is 25.1. The highest BCUT2D eigenvalue weighted by Crippen LogP contribution is 2.41. The number of likely N-dealkylation sites (tertiary alicyclic amines) is 1. The summed E-state index contributed by atoms with van der Waals surface area (Å²) in [6, 6.07) is 6.72. The average Bonchev–Trinajstić information content (AvgIpc) is 3.31. The van der Waals surface area contributed by atoms with E-state index in [0.29, 0.717) is 36.5 Å². The quantitative estimate of drug-likeness (QED) is 0.752. The highest BCUT2D eigenvalue weighted by Gasteiger charge is 2.52. The minimum Gasteiger partial charge on any atom is -0.377 e. The maximum Gasteiger partial charge on any atom is 0.225 e. The van der Waals surface area contributed by atoms with E-state index in [0.717, 1.165) is 45.4 Å². The lowest BCUT2D eigenvalue weighted by molar-refractivity contribution is -0.159. The van der Waals surface area contributed by atoms with E-state index in [2.05, 4.69) is 0 Å². The average molecular weight is 333 g/mol. The molecule has 1 unspecified atom stereocenters. The molecule has 2 aliphatic heterocycles. The fraction of sp³-hybridized carbons (Fsp3) is 0.632. The molecule has 0 radical (unpaired) electrons. The van der Waals surface area contributed by atoms with E-state index in [9.17, 15) is 9.18 Å². The summed E-state index contributed by atoms with van der Waals surface area (Å²) in [5, 5.41) is 0. The first kappa shape index (κ1) is 16.0. The summed E-state index contributed by atoms with van der Waals surface area (Å²) in [5.41, 5.74) is 0.505. The molecule has 1 amide bonds. The van der Waals surface area contributed by atoms with Crippen LogP contribution in [0.5, 0.6) is 0 Å². The molecular formula is C19H24FNO3. The van der Waals surface area contributed by atoms with Crippen LogP contribution >= 0.6 is 0 Å². The van der Waals surface area contributed by atoms with Crippen molar-refractivity contribution in [1.29, 1.82) is 0 Å². The number of hydrogen-bond donors (Lipinski definition) is 0. The molecule has 1 aromatic carbocycles. The molecule has 3 fully saturated rings. The van der Waals surface area contributed by atoms with Gasteiger partial charge in [0.1, 0.15) is 11.4 Å². The zero-order chi connectivity index (χ0) is 16.6. The van der Waals surface area contributed by atoms with Crippen molar-refractivity contribution in [2.24, 2.45) is 11.8 Å². The zero-order valence-electron chi connectivity index (χ0n) is 13.9. The molecule has 4 nitrogen and oxygen atoms in total. The van der Waals surface area contributed by atoms with Crippen LogP contribution in [0.3, 0.4) is 0 Å². The molecule has 3 aliphatic rings. The molecule has 5 heteroatoms. The number of benzene rings is 1. The summed E-state index contributed by atoms with van der Waals surface area (Å²) in [6.07, 6.45) is 4.05. The Morgan fingerprint density at radius 3 is 2.88 bits per heavy atom. The number of rotatable bonds is 6. The minimum absolute atomic E-state index is 0.0965. The van der Waals surface area contributed by atoms with Gasteiger partial charge in [0.2, 0.25) is 5.91 Å². The Balaban J connectivity index is 1.16. The Morgan fingerprint density at radius 1 is 1.33 bits per heavy atom. The summed E-state index contributed by atoms with van der Waals surface area (Å²) in [5.74, 6) is 0.881. The van der Waals surface area contributed by atoms with E-state index in [1.165, 1.54) is 6.07 Å². The predicted octanol–water partition coefficient (Wildman–Crippen LogP) is 2.76. The van der Waals surface area contributed by atoms with Gasteiger partial charge in [-0.05, 0) is 37.7 Å². The lowest BCUT2D eigenvalue weighted by Crippen LogP contribution is -2.63. The number of nitrogens with zero attached hydrogens (tertiary/aromatic N) is 1. The van der Waals surface area contributed by atoms with Crippen molar-refractivity contribution >= 4 is 5.91 Å². The maximum absolute atomic E-state index is 13.5. The van der Waals surface area contributed by atoms with Crippen LogP contribution in [0, 0.1) is 17.7 Å². The van der Waals surface area contributed by atoms with Gasteiger partial charge in [-0.15, -0.1) is 0 Å². The monoisotopic (exact) mass is 333 g/mol. The molecule has 24 heavy (non-hydrogen) atoms. The first-order valence-electron chi connectivity index (χ1n) is 8.89. The molecule has 0 aromatic heterocycles. The highest BCUT2D eigenvalue weighted by atomic mass is 19.1. The van der Waals surface area contributed by atoms with E-state index in [-0.39, 0.29) is 11.4 Å². The van der Waals surface area contributed by atoms with Crippen molar-refractivity contribution < 1.29 is 18.7 Å². The number of hydrogen-bond acceptors (Lipinski definition) is 3. The number of carbonyl (C=O) groups is 1. The number of halogens is 1. The van der Waals surface area contributed by atoms with Gasteiger partial charge in [0.15, 0.2) is 0 Å². The van der Waals surface area contributed by atoms with E-state index in [1.807, 2.05) is 11.0 Å². The van der Waals surface area contributed by atoms with Gasteiger partial charge in [-0.3, -0.25) is 4.79 Å². The van der Waals surface area contributed by atoms with Gasteiger partial charge in [-0.2, -0.15) is 0 Å². The van der Waals surface area contributed by atoms with Crippen LogP contribution < -0.4 is 0 Å². The SMILES string of the molecule is O=C(C1CC1)N1CC2(CC(CCOCc3ccccc3F)CO2)C1. The number of carbonyl (C=O) groups excluding carboxylic acids is 1. The molecule has 4 rings (SSSR count). The zero-order valence-corrected chi connectivity index (χ0v) is 13.9. The fourth-order valence-electron chi connectivity index (χ4n) is 3.79. The maximum atomic E-state index is 13.5. The van der Waals surface area contributed by atoms with Crippen molar-refractivity contribution in [2.75, 3.05) is 26.3 Å². The third kappa shape index (κ3) is 3.33. The molecule has 1 saturated carbocycles. The first-order valence-corrected chi connectivity index (χ1v) is 8.89. The lowest BCUT2D eigenvalue weighted by Gasteiger charge is -2.47. The summed E-state index contributed by atoms with van der Waals surface area (Å²) >= 11 is 0. The molecule has 2 saturated heterocycles. The normalized spacial score (nSPS) is 25.0. The van der Waals surface area contributed by atoms with E-state index < -0.39 is 0 Å². The van der Waals surface area contributed by atoms with Crippen molar-refractivity contribution in [3.8, 4) is 0 Å².